The summed E-state index contributed by atoms with van der Waals surface area (Å²) in [5.74, 6) is 0. The van der Waals surface area contributed by atoms with Crippen LogP contribution in [0.4, 0.5) is 0 Å². The molecule has 1 spiro atoms. The van der Waals surface area contributed by atoms with Gasteiger partial charge < -0.3 is 9.88 Å². The van der Waals surface area contributed by atoms with Crippen LogP contribution in [-0.4, -0.2) is 35.0 Å². The Kier molecular flexibility index (Phi) is 1.71. The second-order valence-corrected chi connectivity index (χ2v) is 4.98. The van der Waals surface area contributed by atoms with Crippen LogP contribution < -0.4 is 0 Å². The predicted octanol–water partition coefficient (Wildman–Crippen LogP) is 1.22. The minimum absolute atomic E-state index is 0.557. The fourth-order valence-electron chi connectivity index (χ4n) is 2.89. The van der Waals surface area contributed by atoms with Gasteiger partial charge in [0.1, 0.15) is 0 Å². The van der Waals surface area contributed by atoms with Gasteiger partial charge in [0.2, 0.25) is 0 Å². The third-order valence-corrected chi connectivity index (χ3v) is 3.95. The summed E-state index contributed by atoms with van der Waals surface area (Å²) in [6, 6.07) is 0. The van der Waals surface area contributed by atoms with Gasteiger partial charge in [-0.1, -0.05) is 0 Å². The summed E-state index contributed by atoms with van der Waals surface area (Å²) < 4.78 is 0. The van der Waals surface area contributed by atoms with E-state index in [4.69, 9.17) is 0 Å². The van der Waals surface area contributed by atoms with Crippen LogP contribution in [0.15, 0.2) is 6.33 Å². The zero-order chi connectivity index (χ0) is 9.60. The molecule has 1 aromatic rings. The van der Waals surface area contributed by atoms with Crippen molar-refractivity contribution >= 4 is 0 Å². The lowest BCUT2D eigenvalue weighted by atomic mass is 9.76. The van der Waals surface area contributed by atoms with Gasteiger partial charge >= 0.3 is 0 Å². The van der Waals surface area contributed by atoms with Crippen molar-refractivity contribution in [1.82, 2.24) is 14.9 Å². The van der Waals surface area contributed by atoms with Crippen molar-refractivity contribution in [2.24, 2.45) is 5.41 Å². The fourth-order valence-corrected chi connectivity index (χ4v) is 2.89. The molecule has 2 aliphatic rings. The van der Waals surface area contributed by atoms with Crippen molar-refractivity contribution in [2.75, 3.05) is 20.1 Å². The van der Waals surface area contributed by atoms with Crippen LogP contribution in [0.3, 0.4) is 0 Å². The lowest BCUT2D eigenvalue weighted by molar-refractivity contribution is 0.130. The first-order chi connectivity index (χ1) is 6.77. The molecule has 14 heavy (non-hydrogen) atoms. The highest BCUT2D eigenvalue weighted by Gasteiger charge is 2.40. The highest BCUT2D eigenvalue weighted by molar-refractivity contribution is 5.23. The third kappa shape index (κ3) is 1.19. The summed E-state index contributed by atoms with van der Waals surface area (Å²) in [5.41, 5.74) is 3.28. The minimum atomic E-state index is 0.557. The zero-order valence-corrected chi connectivity index (χ0v) is 8.71. The lowest BCUT2D eigenvalue weighted by Crippen LogP contribution is -2.38. The average molecular weight is 191 g/mol. The Balaban J connectivity index is 1.79. The molecule has 3 nitrogen and oxygen atoms in total. The van der Waals surface area contributed by atoms with E-state index in [1.807, 2.05) is 6.33 Å². The van der Waals surface area contributed by atoms with E-state index >= 15 is 0 Å². The number of hydrogen-bond donors (Lipinski definition) is 1. The normalized spacial score (nSPS) is 25.5. The molecule has 0 atom stereocenters. The summed E-state index contributed by atoms with van der Waals surface area (Å²) in [4.78, 5) is 10.1. The number of hydrogen-bond acceptors (Lipinski definition) is 2. The average Bonchev–Trinajstić information content (AvgIpc) is 2.69. The van der Waals surface area contributed by atoms with Gasteiger partial charge in [0.25, 0.3) is 0 Å². The number of fused-ring (bicyclic) bond motifs is 1. The first-order valence-electron chi connectivity index (χ1n) is 5.47. The molecule has 1 saturated heterocycles. The van der Waals surface area contributed by atoms with Crippen LogP contribution in [0.5, 0.6) is 0 Å². The first kappa shape index (κ1) is 8.48. The number of nitrogens with one attached hydrogen (secondary N) is 1. The minimum Gasteiger partial charge on any atom is -0.348 e. The molecule has 76 valence electrons. The standard InChI is InChI=1S/C11H17N3/c1-14-4-2-11(3-5-14)6-9-10(7-11)13-8-12-9/h8H,2-7H2,1H3,(H,12,13). The highest BCUT2D eigenvalue weighted by atomic mass is 15.1. The van der Waals surface area contributed by atoms with Crippen LogP contribution in [0.1, 0.15) is 24.2 Å². The third-order valence-electron chi connectivity index (χ3n) is 3.95. The van der Waals surface area contributed by atoms with Crippen molar-refractivity contribution in [2.45, 2.75) is 25.7 Å². The molecule has 0 saturated carbocycles. The number of nitrogens with zero attached hydrogens (tertiary/aromatic N) is 2. The monoisotopic (exact) mass is 191 g/mol. The van der Waals surface area contributed by atoms with Crippen molar-refractivity contribution in [3.05, 3.63) is 17.7 Å². The zero-order valence-electron chi connectivity index (χ0n) is 8.71. The molecule has 0 amide bonds. The van der Waals surface area contributed by atoms with Gasteiger partial charge in [-0.05, 0) is 51.2 Å². The molecule has 1 N–H and O–H groups in total. The number of aromatic amines is 1. The molecular formula is C11H17N3. The van der Waals surface area contributed by atoms with Gasteiger partial charge in [-0.25, -0.2) is 4.98 Å². The van der Waals surface area contributed by atoms with Crippen molar-refractivity contribution in [3.8, 4) is 0 Å². The van der Waals surface area contributed by atoms with Crippen LogP contribution in [0, 0.1) is 5.41 Å². The van der Waals surface area contributed by atoms with E-state index in [1.54, 1.807) is 0 Å². The van der Waals surface area contributed by atoms with E-state index in [2.05, 4.69) is 21.9 Å². The van der Waals surface area contributed by atoms with E-state index < -0.39 is 0 Å². The molecule has 3 heteroatoms. The summed E-state index contributed by atoms with van der Waals surface area (Å²) in [6.07, 6.45) is 6.96. The van der Waals surface area contributed by atoms with Crippen LogP contribution in [0.2, 0.25) is 0 Å². The Morgan fingerprint density at radius 2 is 2.14 bits per heavy atom. The molecule has 1 aliphatic carbocycles. The Labute approximate surface area is 84.5 Å². The summed E-state index contributed by atoms with van der Waals surface area (Å²) in [7, 11) is 2.22. The van der Waals surface area contributed by atoms with E-state index in [-0.39, 0.29) is 0 Å². The largest absolute Gasteiger partial charge is 0.348 e. The van der Waals surface area contributed by atoms with Crippen molar-refractivity contribution < 1.29 is 0 Å². The first-order valence-corrected chi connectivity index (χ1v) is 5.47. The quantitative estimate of drug-likeness (QED) is 0.668. The van der Waals surface area contributed by atoms with Gasteiger partial charge in [0.05, 0.1) is 12.0 Å². The van der Waals surface area contributed by atoms with Crippen LogP contribution >= 0.6 is 0 Å². The number of imidazole rings is 1. The van der Waals surface area contributed by atoms with Gasteiger partial charge in [0, 0.05) is 5.69 Å². The van der Waals surface area contributed by atoms with Crippen molar-refractivity contribution in [3.63, 3.8) is 0 Å². The number of piperidine rings is 1. The lowest BCUT2D eigenvalue weighted by Gasteiger charge is -2.37. The summed E-state index contributed by atoms with van der Waals surface area (Å²) >= 11 is 0. The number of aromatic nitrogens is 2. The molecule has 1 aromatic heterocycles. The smallest absolute Gasteiger partial charge is 0.0925 e. The fraction of sp³-hybridized carbons (Fsp3) is 0.727. The maximum atomic E-state index is 4.40. The van der Waals surface area contributed by atoms with E-state index in [9.17, 15) is 0 Å². The van der Waals surface area contributed by atoms with Crippen LogP contribution in [0.25, 0.3) is 0 Å². The second-order valence-electron chi connectivity index (χ2n) is 4.98. The van der Waals surface area contributed by atoms with Gasteiger partial charge in [0.15, 0.2) is 0 Å². The molecule has 0 radical (unpaired) electrons. The van der Waals surface area contributed by atoms with Crippen molar-refractivity contribution in [1.29, 1.82) is 0 Å². The van der Waals surface area contributed by atoms with E-state index in [0.29, 0.717) is 5.41 Å². The number of likely N-dealkylation sites (tertiary alicyclic amines) is 1. The molecule has 1 fully saturated rings. The Bertz CT molecular complexity index is 312. The highest BCUT2D eigenvalue weighted by Crippen LogP contribution is 2.42. The molecule has 2 heterocycles. The second kappa shape index (κ2) is 2.83. The van der Waals surface area contributed by atoms with E-state index in [1.165, 1.54) is 50.2 Å². The van der Waals surface area contributed by atoms with Crippen LogP contribution in [-0.2, 0) is 12.8 Å². The topological polar surface area (TPSA) is 31.9 Å². The number of H-pyrrole nitrogens is 1. The summed E-state index contributed by atoms with van der Waals surface area (Å²) in [5, 5.41) is 0. The number of rotatable bonds is 0. The van der Waals surface area contributed by atoms with Gasteiger partial charge in [-0.2, -0.15) is 0 Å². The Morgan fingerprint density at radius 1 is 1.36 bits per heavy atom. The Hall–Kier alpha value is -0.830. The summed E-state index contributed by atoms with van der Waals surface area (Å²) in [6.45, 7) is 2.51. The SMILES string of the molecule is CN1CCC2(CC1)Cc1nc[nH]c1C2. The molecule has 0 bridgehead atoms. The van der Waals surface area contributed by atoms with Gasteiger partial charge in [-0.3, -0.25) is 0 Å². The molecule has 0 aromatic carbocycles. The maximum absolute atomic E-state index is 4.40. The molecule has 1 aliphatic heterocycles. The van der Waals surface area contributed by atoms with Gasteiger partial charge in [-0.15, -0.1) is 0 Å². The molecule has 3 rings (SSSR count). The molecular weight excluding hydrogens is 174 g/mol. The molecule has 0 unspecified atom stereocenters. The maximum Gasteiger partial charge on any atom is 0.0925 e. The Morgan fingerprint density at radius 3 is 2.86 bits per heavy atom. The van der Waals surface area contributed by atoms with E-state index in [0.717, 1.165) is 0 Å². The predicted molar refractivity (Wildman–Crippen MR) is 55.2 cm³/mol.